The number of aliphatic imine (C=N–C) groups is 1. The summed E-state index contributed by atoms with van der Waals surface area (Å²) < 4.78 is 51.0. The average molecular weight is 404 g/mol. The Labute approximate surface area is 165 Å². The van der Waals surface area contributed by atoms with Crippen molar-refractivity contribution in [1.29, 1.82) is 0 Å². The Hall–Kier alpha value is -2.87. The summed E-state index contributed by atoms with van der Waals surface area (Å²) in [6, 6.07) is 7.06. The molecule has 1 fully saturated rings. The molecule has 1 saturated heterocycles. The van der Waals surface area contributed by atoms with Gasteiger partial charge in [-0.15, -0.1) is 0 Å². The van der Waals surface area contributed by atoms with E-state index >= 15 is 0 Å². The van der Waals surface area contributed by atoms with E-state index in [4.69, 9.17) is 9.47 Å². The molecule has 2 aliphatic heterocycles. The summed E-state index contributed by atoms with van der Waals surface area (Å²) >= 11 is 0. The van der Waals surface area contributed by atoms with E-state index in [-0.39, 0.29) is 12.5 Å². The van der Waals surface area contributed by atoms with Gasteiger partial charge >= 0.3 is 6.18 Å². The monoisotopic (exact) mass is 404 g/mol. The van der Waals surface area contributed by atoms with Crippen molar-refractivity contribution >= 4 is 12.1 Å². The first-order valence-corrected chi connectivity index (χ1v) is 9.18. The van der Waals surface area contributed by atoms with Crippen molar-refractivity contribution < 1.29 is 27.4 Å². The zero-order chi connectivity index (χ0) is 20.6. The van der Waals surface area contributed by atoms with Crippen molar-refractivity contribution in [2.45, 2.75) is 12.7 Å². The number of hydrogen-bond donors (Lipinski definition) is 0. The first-order chi connectivity index (χ1) is 13.9. The van der Waals surface area contributed by atoms with Gasteiger partial charge in [0.15, 0.2) is 0 Å². The lowest BCUT2D eigenvalue weighted by Gasteiger charge is -2.27. The molecule has 0 unspecified atom stereocenters. The van der Waals surface area contributed by atoms with Crippen molar-refractivity contribution in [3.63, 3.8) is 0 Å². The molecule has 2 aromatic rings. The van der Waals surface area contributed by atoms with Crippen LogP contribution in [-0.4, -0.2) is 50.4 Å². The first kappa shape index (κ1) is 19.4. The van der Waals surface area contributed by atoms with Gasteiger partial charge in [-0.25, -0.2) is 0 Å². The molecule has 5 nitrogen and oxygen atoms in total. The van der Waals surface area contributed by atoms with Gasteiger partial charge in [0.1, 0.15) is 5.75 Å². The highest BCUT2D eigenvalue weighted by atomic mass is 19.4. The van der Waals surface area contributed by atoms with Crippen molar-refractivity contribution in [2.75, 3.05) is 33.4 Å². The number of alkyl halides is 3. The highest BCUT2D eigenvalue weighted by molar-refractivity contribution is 5.99. The molecule has 1 amide bonds. The van der Waals surface area contributed by atoms with E-state index in [0.29, 0.717) is 59.9 Å². The molecule has 29 heavy (non-hydrogen) atoms. The van der Waals surface area contributed by atoms with Gasteiger partial charge in [0.25, 0.3) is 5.91 Å². The van der Waals surface area contributed by atoms with E-state index in [2.05, 4.69) is 4.99 Å². The molecule has 0 radical (unpaired) electrons. The van der Waals surface area contributed by atoms with Crippen LogP contribution in [0.1, 0.15) is 27.0 Å². The molecule has 2 aromatic carbocycles. The van der Waals surface area contributed by atoms with E-state index in [0.717, 1.165) is 12.1 Å². The van der Waals surface area contributed by atoms with Gasteiger partial charge in [-0.3, -0.25) is 9.79 Å². The van der Waals surface area contributed by atoms with E-state index < -0.39 is 11.7 Å². The summed E-state index contributed by atoms with van der Waals surface area (Å²) in [5.41, 5.74) is 1.55. The van der Waals surface area contributed by atoms with Crippen LogP contribution in [0.4, 0.5) is 13.2 Å². The Morgan fingerprint density at radius 1 is 1.14 bits per heavy atom. The summed E-state index contributed by atoms with van der Waals surface area (Å²) in [7, 11) is 1.45. The second-order valence-corrected chi connectivity index (χ2v) is 6.88. The number of carbonyl (C=O) groups excluding carboxylic acids is 1. The van der Waals surface area contributed by atoms with E-state index in [1.165, 1.54) is 7.11 Å². The molecule has 152 valence electrons. The second-order valence-electron chi connectivity index (χ2n) is 6.88. The highest BCUT2D eigenvalue weighted by Crippen LogP contribution is 2.40. The SMILES string of the molecule is COc1ccc(C(=O)N2CCOCC2)cc1-c1cc(C(F)(F)F)cc2c1C=NC2. The Bertz CT molecular complexity index is 980. The van der Waals surface area contributed by atoms with Crippen LogP contribution in [-0.2, 0) is 17.5 Å². The van der Waals surface area contributed by atoms with Crippen LogP contribution in [0.5, 0.6) is 5.75 Å². The minimum absolute atomic E-state index is 0.186. The van der Waals surface area contributed by atoms with E-state index in [1.807, 2.05) is 0 Å². The van der Waals surface area contributed by atoms with Crippen LogP contribution >= 0.6 is 0 Å². The lowest BCUT2D eigenvalue weighted by molar-refractivity contribution is -0.137. The Morgan fingerprint density at radius 2 is 1.90 bits per heavy atom. The number of fused-ring (bicyclic) bond motifs is 1. The quantitative estimate of drug-likeness (QED) is 0.782. The number of ether oxygens (including phenoxy) is 2. The lowest BCUT2D eigenvalue weighted by atomic mass is 9.92. The molecule has 0 saturated carbocycles. The fourth-order valence-corrected chi connectivity index (χ4v) is 3.62. The molecule has 4 rings (SSSR count). The number of nitrogens with zero attached hydrogens (tertiary/aromatic N) is 2. The highest BCUT2D eigenvalue weighted by Gasteiger charge is 2.33. The average Bonchev–Trinajstić information content (AvgIpc) is 3.21. The topological polar surface area (TPSA) is 51.1 Å². The largest absolute Gasteiger partial charge is 0.496 e. The Kier molecular flexibility index (Phi) is 5.04. The first-order valence-electron chi connectivity index (χ1n) is 9.18. The smallest absolute Gasteiger partial charge is 0.416 e. The Balaban J connectivity index is 1.83. The molecular formula is C21H19F3N2O3. The second kappa shape index (κ2) is 7.51. The lowest BCUT2D eigenvalue weighted by Crippen LogP contribution is -2.40. The molecular weight excluding hydrogens is 385 g/mol. The standard InChI is InChI=1S/C21H19F3N2O3/c1-28-19-3-2-13(20(27)26-4-6-29-7-5-26)9-17(19)16-10-15(21(22,23)24)8-14-11-25-12-18(14)16/h2-3,8-10,12H,4-7,11H2,1H3. The summed E-state index contributed by atoms with van der Waals surface area (Å²) in [6.45, 7) is 2.08. The normalized spacial score (nSPS) is 16.1. The number of methoxy groups -OCH3 is 1. The van der Waals surface area contributed by atoms with Crippen LogP contribution in [0, 0.1) is 0 Å². The number of hydrogen-bond acceptors (Lipinski definition) is 4. The summed E-state index contributed by atoms with van der Waals surface area (Å²) in [5, 5.41) is 0. The summed E-state index contributed by atoms with van der Waals surface area (Å²) in [4.78, 5) is 18.7. The molecule has 2 heterocycles. The van der Waals surface area contributed by atoms with E-state index in [1.54, 1.807) is 29.3 Å². The molecule has 0 bridgehead atoms. The third-order valence-corrected chi connectivity index (χ3v) is 5.11. The van der Waals surface area contributed by atoms with Crippen LogP contribution in [0.25, 0.3) is 11.1 Å². The predicted molar refractivity (Wildman–Crippen MR) is 101 cm³/mol. The molecule has 0 atom stereocenters. The van der Waals surface area contributed by atoms with Crippen LogP contribution < -0.4 is 4.74 Å². The van der Waals surface area contributed by atoms with Gasteiger partial charge in [0.05, 0.1) is 32.4 Å². The molecule has 2 aliphatic rings. The van der Waals surface area contributed by atoms with Crippen LogP contribution in [0.3, 0.4) is 0 Å². The maximum absolute atomic E-state index is 13.4. The summed E-state index contributed by atoms with van der Waals surface area (Å²) in [6.07, 6.45) is -2.92. The predicted octanol–water partition coefficient (Wildman–Crippen LogP) is 3.79. The van der Waals surface area contributed by atoms with Crippen LogP contribution in [0.15, 0.2) is 35.3 Å². The number of rotatable bonds is 3. The van der Waals surface area contributed by atoms with Crippen molar-refractivity contribution in [3.05, 3.63) is 52.6 Å². The number of amides is 1. The molecule has 0 N–H and O–H groups in total. The van der Waals surface area contributed by atoms with Gasteiger partial charge in [0, 0.05) is 36.0 Å². The molecule has 0 spiro atoms. The molecule has 0 aromatic heterocycles. The third kappa shape index (κ3) is 3.72. The number of morpholine rings is 1. The Morgan fingerprint density at radius 3 is 2.59 bits per heavy atom. The minimum atomic E-state index is -4.49. The maximum atomic E-state index is 13.4. The van der Waals surface area contributed by atoms with Gasteiger partial charge in [0.2, 0.25) is 0 Å². The van der Waals surface area contributed by atoms with Crippen molar-refractivity contribution in [2.24, 2.45) is 4.99 Å². The zero-order valence-corrected chi connectivity index (χ0v) is 15.8. The fraction of sp³-hybridized carbons (Fsp3) is 0.333. The number of halogens is 3. The summed E-state index contributed by atoms with van der Waals surface area (Å²) in [5.74, 6) is 0.208. The third-order valence-electron chi connectivity index (χ3n) is 5.11. The van der Waals surface area contributed by atoms with Crippen molar-refractivity contribution in [3.8, 4) is 16.9 Å². The van der Waals surface area contributed by atoms with E-state index in [9.17, 15) is 18.0 Å². The fourth-order valence-electron chi connectivity index (χ4n) is 3.62. The molecule has 8 heteroatoms. The number of carbonyl (C=O) groups is 1. The molecule has 0 aliphatic carbocycles. The maximum Gasteiger partial charge on any atom is 0.416 e. The van der Waals surface area contributed by atoms with Gasteiger partial charge in [-0.05, 0) is 41.5 Å². The van der Waals surface area contributed by atoms with Crippen LogP contribution in [0.2, 0.25) is 0 Å². The van der Waals surface area contributed by atoms with Gasteiger partial charge < -0.3 is 14.4 Å². The van der Waals surface area contributed by atoms with Gasteiger partial charge in [-0.1, -0.05) is 0 Å². The zero-order valence-electron chi connectivity index (χ0n) is 15.8. The van der Waals surface area contributed by atoms with Gasteiger partial charge in [-0.2, -0.15) is 13.2 Å². The van der Waals surface area contributed by atoms with Crippen molar-refractivity contribution in [1.82, 2.24) is 4.90 Å². The minimum Gasteiger partial charge on any atom is -0.496 e. The number of benzene rings is 2.